The zero-order valence-corrected chi connectivity index (χ0v) is 9.84. The summed E-state index contributed by atoms with van der Waals surface area (Å²) < 4.78 is 11.6. The molecule has 0 aliphatic carbocycles. The highest BCUT2D eigenvalue weighted by Gasteiger charge is 2.13. The number of methoxy groups -OCH3 is 2. The largest absolute Gasteiger partial charge is 0.468 e. The first-order valence-corrected chi connectivity index (χ1v) is 5.26. The molecule has 1 aromatic carbocycles. The average Bonchev–Trinajstić information content (AvgIpc) is 2.68. The van der Waals surface area contributed by atoms with Gasteiger partial charge in [-0.1, -0.05) is 12.1 Å². The number of hydrogen-bond donors (Lipinski definition) is 0. The topological polar surface area (TPSA) is 53.4 Å². The fraction of sp³-hybridized carbons (Fsp3) is 0.333. The zero-order valence-electron chi connectivity index (χ0n) is 9.84. The van der Waals surface area contributed by atoms with E-state index in [0.717, 1.165) is 16.9 Å². The second-order valence-corrected chi connectivity index (χ2v) is 3.61. The summed E-state index contributed by atoms with van der Waals surface area (Å²) in [4.78, 5) is 15.8. The van der Waals surface area contributed by atoms with Crippen molar-refractivity contribution in [2.45, 2.75) is 13.2 Å². The van der Waals surface area contributed by atoms with E-state index in [2.05, 4.69) is 9.72 Å². The standard InChI is InChI=1S/C12H14N2O3/c1-16-8-11-13-9-5-3-4-6-10(9)14(11)7-12(15)17-2/h3-6H,7-8H2,1-2H3. The molecule has 5 nitrogen and oxygen atoms in total. The highest BCUT2D eigenvalue weighted by Crippen LogP contribution is 2.16. The number of carbonyl (C=O) groups excluding carboxylic acids is 1. The van der Waals surface area contributed by atoms with Crippen LogP contribution in [0, 0.1) is 0 Å². The van der Waals surface area contributed by atoms with Crippen LogP contribution in [-0.2, 0) is 27.4 Å². The summed E-state index contributed by atoms with van der Waals surface area (Å²) in [6.07, 6.45) is 0. The molecule has 0 saturated heterocycles. The molecule has 2 rings (SSSR count). The summed E-state index contributed by atoms with van der Waals surface area (Å²) in [6.45, 7) is 0.515. The van der Waals surface area contributed by atoms with Crippen LogP contribution in [0.25, 0.3) is 11.0 Å². The van der Waals surface area contributed by atoms with Crippen molar-refractivity contribution in [3.63, 3.8) is 0 Å². The van der Waals surface area contributed by atoms with Crippen LogP contribution in [0.1, 0.15) is 5.82 Å². The first kappa shape index (κ1) is 11.6. The SMILES string of the molecule is COCc1nc2ccccc2n1CC(=O)OC. The van der Waals surface area contributed by atoms with Crippen LogP contribution in [0.3, 0.4) is 0 Å². The first-order chi connectivity index (χ1) is 8.26. The second kappa shape index (κ2) is 4.97. The van der Waals surface area contributed by atoms with E-state index in [1.807, 2.05) is 28.8 Å². The molecule has 1 heterocycles. The highest BCUT2D eigenvalue weighted by molar-refractivity contribution is 5.78. The van der Waals surface area contributed by atoms with Gasteiger partial charge in [0.2, 0.25) is 0 Å². The molecule has 17 heavy (non-hydrogen) atoms. The Morgan fingerprint density at radius 3 is 2.82 bits per heavy atom. The maximum absolute atomic E-state index is 11.4. The van der Waals surface area contributed by atoms with E-state index in [1.165, 1.54) is 7.11 Å². The molecule has 0 fully saturated rings. The molecule has 90 valence electrons. The van der Waals surface area contributed by atoms with Crippen molar-refractivity contribution in [1.29, 1.82) is 0 Å². The van der Waals surface area contributed by atoms with Gasteiger partial charge >= 0.3 is 5.97 Å². The molecule has 0 N–H and O–H groups in total. The molecule has 0 bridgehead atoms. The van der Waals surface area contributed by atoms with Crippen molar-refractivity contribution in [2.75, 3.05) is 14.2 Å². The van der Waals surface area contributed by atoms with Gasteiger partial charge < -0.3 is 14.0 Å². The van der Waals surface area contributed by atoms with Crippen molar-refractivity contribution in [2.24, 2.45) is 0 Å². The number of rotatable bonds is 4. The number of benzene rings is 1. The van der Waals surface area contributed by atoms with Gasteiger partial charge in [-0.05, 0) is 12.1 Å². The number of aromatic nitrogens is 2. The van der Waals surface area contributed by atoms with Crippen LogP contribution in [0.5, 0.6) is 0 Å². The first-order valence-electron chi connectivity index (χ1n) is 5.26. The minimum absolute atomic E-state index is 0.149. The Morgan fingerprint density at radius 2 is 2.12 bits per heavy atom. The van der Waals surface area contributed by atoms with Crippen LogP contribution in [0.2, 0.25) is 0 Å². The Hall–Kier alpha value is -1.88. The molecule has 0 aliphatic heterocycles. The van der Waals surface area contributed by atoms with E-state index in [1.54, 1.807) is 7.11 Å². The minimum Gasteiger partial charge on any atom is -0.468 e. The molecule has 0 saturated carbocycles. The molecule has 0 atom stereocenters. The van der Waals surface area contributed by atoms with E-state index >= 15 is 0 Å². The van der Waals surface area contributed by atoms with Crippen LogP contribution in [-0.4, -0.2) is 29.7 Å². The average molecular weight is 234 g/mol. The van der Waals surface area contributed by atoms with Gasteiger partial charge in [0.25, 0.3) is 0 Å². The zero-order chi connectivity index (χ0) is 12.3. The van der Waals surface area contributed by atoms with Gasteiger partial charge in [0.05, 0.1) is 18.1 Å². The molecule has 0 amide bonds. The predicted octanol–water partition coefficient (Wildman–Crippen LogP) is 1.36. The number of imidazole rings is 1. The van der Waals surface area contributed by atoms with Crippen molar-refractivity contribution >= 4 is 17.0 Å². The Balaban J connectivity index is 2.47. The smallest absolute Gasteiger partial charge is 0.325 e. The van der Waals surface area contributed by atoms with Crippen molar-refractivity contribution in [1.82, 2.24) is 9.55 Å². The fourth-order valence-electron chi connectivity index (χ4n) is 1.73. The molecular weight excluding hydrogens is 220 g/mol. The number of nitrogens with zero attached hydrogens (tertiary/aromatic N) is 2. The van der Waals surface area contributed by atoms with Gasteiger partial charge in [0.15, 0.2) is 0 Å². The fourth-order valence-corrected chi connectivity index (χ4v) is 1.73. The van der Waals surface area contributed by atoms with Gasteiger partial charge in [-0.2, -0.15) is 0 Å². The third-order valence-electron chi connectivity index (χ3n) is 2.52. The third-order valence-corrected chi connectivity index (χ3v) is 2.52. The maximum Gasteiger partial charge on any atom is 0.325 e. The van der Waals surface area contributed by atoms with Crippen molar-refractivity contribution < 1.29 is 14.3 Å². The predicted molar refractivity (Wildman–Crippen MR) is 62.5 cm³/mol. The lowest BCUT2D eigenvalue weighted by Gasteiger charge is -2.06. The Morgan fingerprint density at radius 1 is 1.35 bits per heavy atom. The molecule has 5 heteroatoms. The number of ether oxygens (including phenoxy) is 2. The van der Waals surface area contributed by atoms with E-state index in [-0.39, 0.29) is 12.5 Å². The lowest BCUT2D eigenvalue weighted by Crippen LogP contribution is -2.14. The summed E-state index contributed by atoms with van der Waals surface area (Å²) in [6, 6.07) is 7.65. The highest BCUT2D eigenvalue weighted by atomic mass is 16.5. The van der Waals surface area contributed by atoms with E-state index in [9.17, 15) is 4.79 Å². The number of esters is 1. The van der Waals surface area contributed by atoms with Crippen molar-refractivity contribution in [3.8, 4) is 0 Å². The van der Waals surface area contributed by atoms with E-state index in [0.29, 0.717) is 6.61 Å². The van der Waals surface area contributed by atoms with Gasteiger partial charge in [-0.3, -0.25) is 4.79 Å². The van der Waals surface area contributed by atoms with E-state index < -0.39 is 0 Å². The molecular formula is C12H14N2O3. The summed E-state index contributed by atoms with van der Waals surface area (Å²) in [7, 11) is 2.97. The molecule has 0 radical (unpaired) electrons. The van der Waals surface area contributed by atoms with Crippen LogP contribution < -0.4 is 0 Å². The van der Waals surface area contributed by atoms with Gasteiger partial charge in [-0.25, -0.2) is 4.98 Å². The number of hydrogen-bond acceptors (Lipinski definition) is 4. The minimum atomic E-state index is -0.300. The van der Waals surface area contributed by atoms with Gasteiger partial charge in [0, 0.05) is 7.11 Å². The molecule has 0 unspecified atom stereocenters. The summed E-state index contributed by atoms with van der Waals surface area (Å²) in [5, 5.41) is 0. The lowest BCUT2D eigenvalue weighted by molar-refractivity contribution is -0.141. The molecule has 2 aromatic rings. The van der Waals surface area contributed by atoms with Crippen LogP contribution >= 0.6 is 0 Å². The number of carbonyl (C=O) groups is 1. The molecule has 1 aromatic heterocycles. The normalized spacial score (nSPS) is 10.7. The van der Waals surface area contributed by atoms with Gasteiger partial charge in [-0.15, -0.1) is 0 Å². The Labute approximate surface area is 99.0 Å². The number of fused-ring (bicyclic) bond motifs is 1. The third kappa shape index (κ3) is 2.29. The second-order valence-electron chi connectivity index (χ2n) is 3.61. The summed E-state index contributed by atoms with van der Waals surface area (Å²) >= 11 is 0. The summed E-state index contributed by atoms with van der Waals surface area (Å²) in [5.74, 6) is 0.421. The molecule has 0 spiro atoms. The lowest BCUT2D eigenvalue weighted by atomic mass is 10.3. The van der Waals surface area contributed by atoms with E-state index in [4.69, 9.17) is 4.74 Å². The quantitative estimate of drug-likeness (QED) is 0.749. The van der Waals surface area contributed by atoms with Crippen molar-refractivity contribution in [3.05, 3.63) is 30.1 Å². The van der Waals surface area contributed by atoms with Crippen LogP contribution in [0.4, 0.5) is 0 Å². The molecule has 0 aliphatic rings. The van der Waals surface area contributed by atoms with Crippen LogP contribution in [0.15, 0.2) is 24.3 Å². The number of para-hydroxylation sites is 2. The maximum atomic E-state index is 11.4. The monoisotopic (exact) mass is 234 g/mol. The Bertz CT molecular complexity index is 534. The van der Waals surface area contributed by atoms with Gasteiger partial charge in [0.1, 0.15) is 19.0 Å². The Kier molecular flexibility index (Phi) is 3.39. The summed E-state index contributed by atoms with van der Waals surface area (Å²) in [5.41, 5.74) is 1.76.